The molecular formula is C16H27N3O2. The van der Waals surface area contributed by atoms with E-state index >= 15 is 0 Å². The van der Waals surface area contributed by atoms with Crippen LogP contribution >= 0.6 is 0 Å². The third kappa shape index (κ3) is 2.45. The molecule has 2 aliphatic heterocycles. The lowest BCUT2D eigenvalue weighted by atomic mass is 9.87. The Labute approximate surface area is 127 Å². The molecule has 3 unspecified atom stereocenters. The van der Waals surface area contributed by atoms with Crippen molar-refractivity contribution in [2.45, 2.75) is 64.1 Å². The van der Waals surface area contributed by atoms with E-state index in [4.69, 9.17) is 0 Å². The van der Waals surface area contributed by atoms with Crippen LogP contribution in [0.25, 0.3) is 0 Å². The zero-order valence-corrected chi connectivity index (χ0v) is 13.4. The molecule has 1 N–H and O–H groups in total. The number of rotatable bonds is 3. The second kappa shape index (κ2) is 5.27. The van der Waals surface area contributed by atoms with Gasteiger partial charge in [-0.15, -0.1) is 0 Å². The third-order valence-corrected chi connectivity index (χ3v) is 5.57. The lowest BCUT2D eigenvalue weighted by Crippen LogP contribution is -2.72. The summed E-state index contributed by atoms with van der Waals surface area (Å²) in [4.78, 5) is 29.7. The first-order chi connectivity index (χ1) is 9.97. The highest BCUT2D eigenvalue weighted by molar-refractivity contribution is 6.00. The number of carbonyl (C=O) groups is 2. The van der Waals surface area contributed by atoms with Crippen molar-refractivity contribution in [2.75, 3.05) is 19.6 Å². The van der Waals surface area contributed by atoms with Gasteiger partial charge < -0.3 is 15.1 Å². The molecule has 2 heterocycles. The van der Waals surface area contributed by atoms with E-state index in [0.717, 1.165) is 45.3 Å². The van der Waals surface area contributed by atoms with E-state index in [9.17, 15) is 9.59 Å². The van der Waals surface area contributed by atoms with Crippen molar-refractivity contribution < 1.29 is 9.59 Å². The van der Waals surface area contributed by atoms with Crippen molar-refractivity contribution in [3.63, 3.8) is 0 Å². The average Bonchev–Trinajstić information content (AvgIpc) is 3.31. The maximum atomic E-state index is 13.1. The van der Waals surface area contributed by atoms with Gasteiger partial charge >= 0.3 is 0 Å². The predicted molar refractivity (Wildman–Crippen MR) is 80.7 cm³/mol. The van der Waals surface area contributed by atoms with Crippen LogP contribution in [-0.4, -0.2) is 58.9 Å². The smallest absolute Gasteiger partial charge is 0.249 e. The second-order valence-corrected chi connectivity index (χ2v) is 7.04. The van der Waals surface area contributed by atoms with Crippen molar-refractivity contribution in [2.24, 2.45) is 5.92 Å². The highest BCUT2D eigenvalue weighted by Gasteiger charge is 2.55. The summed E-state index contributed by atoms with van der Waals surface area (Å²) in [6, 6.07) is -0.156. The minimum Gasteiger partial charge on any atom is -0.340 e. The molecule has 0 spiro atoms. The normalized spacial score (nSPS) is 38.5. The number of carbonyl (C=O) groups excluding carboxylic acids is 2. The average molecular weight is 293 g/mol. The minimum absolute atomic E-state index is 0.0117. The third-order valence-electron chi connectivity index (χ3n) is 5.57. The van der Waals surface area contributed by atoms with Gasteiger partial charge in [-0.3, -0.25) is 9.59 Å². The molecule has 5 heteroatoms. The number of hydrogen-bond donors (Lipinski definition) is 1. The van der Waals surface area contributed by atoms with Crippen molar-refractivity contribution >= 4 is 11.8 Å². The van der Waals surface area contributed by atoms with Gasteiger partial charge in [0.1, 0.15) is 11.6 Å². The van der Waals surface area contributed by atoms with Gasteiger partial charge in [-0.25, -0.2) is 0 Å². The van der Waals surface area contributed by atoms with E-state index in [0.29, 0.717) is 5.92 Å². The predicted octanol–water partition coefficient (Wildman–Crippen LogP) is 0.986. The number of hydrogen-bond acceptors (Lipinski definition) is 3. The Morgan fingerprint density at radius 1 is 1.29 bits per heavy atom. The number of piperazine rings is 1. The topological polar surface area (TPSA) is 52.6 Å². The fourth-order valence-corrected chi connectivity index (χ4v) is 3.95. The molecule has 0 aromatic carbocycles. The number of likely N-dealkylation sites (N-methyl/N-ethyl adjacent to an activating group) is 1. The number of likely N-dealkylation sites (tertiary alicyclic amines) is 1. The fraction of sp³-hybridized carbons (Fsp3) is 0.875. The molecule has 0 aromatic heterocycles. The quantitative estimate of drug-likeness (QED) is 0.844. The van der Waals surface area contributed by atoms with Gasteiger partial charge in [0.05, 0.1) is 0 Å². The van der Waals surface area contributed by atoms with E-state index in [1.54, 1.807) is 0 Å². The summed E-state index contributed by atoms with van der Waals surface area (Å²) in [6.07, 6.45) is 4.23. The Hall–Kier alpha value is -1.10. The maximum Gasteiger partial charge on any atom is 0.249 e. The molecule has 118 valence electrons. The molecule has 5 nitrogen and oxygen atoms in total. The molecular weight excluding hydrogens is 266 g/mol. The first-order valence-corrected chi connectivity index (χ1v) is 8.34. The second-order valence-electron chi connectivity index (χ2n) is 7.04. The van der Waals surface area contributed by atoms with Crippen LogP contribution in [0.15, 0.2) is 0 Å². The Kier molecular flexibility index (Phi) is 3.72. The maximum absolute atomic E-state index is 13.1. The number of nitrogens with zero attached hydrogens (tertiary/aromatic N) is 2. The lowest BCUT2D eigenvalue weighted by molar-refractivity contribution is -0.158. The van der Waals surface area contributed by atoms with Crippen LogP contribution in [0, 0.1) is 5.92 Å². The van der Waals surface area contributed by atoms with Crippen LogP contribution < -0.4 is 5.32 Å². The lowest BCUT2D eigenvalue weighted by Gasteiger charge is -2.49. The molecule has 3 rings (SSSR count). The highest BCUT2D eigenvalue weighted by atomic mass is 16.2. The van der Waals surface area contributed by atoms with Gasteiger partial charge in [-0.2, -0.15) is 0 Å². The highest BCUT2D eigenvalue weighted by Crippen LogP contribution is 2.42. The molecule has 0 radical (unpaired) electrons. The van der Waals surface area contributed by atoms with Gasteiger partial charge in [0.15, 0.2) is 0 Å². The Morgan fingerprint density at radius 2 is 2.00 bits per heavy atom. The first kappa shape index (κ1) is 14.8. The van der Waals surface area contributed by atoms with E-state index < -0.39 is 5.54 Å². The van der Waals surface area contributed by atoms with Crippen LogP contribution in [0.2, 0.25) is 0 Å². The fourth-order valence-electron chi connectivity index (χ4n) is 3.95. The van der Waals surface area contributed by atoms with E-state index in [1.807, 2.05) is 18.7 Å². The number of piperidine rings is 1. The monoisotopic (exact) mass is 293 g/mol. The summed E-state index contributed by atoms with van der Waals surface area (Å²) in [5.41, 5.74) is -0.669. The zero-order chi connectivity index (χ0) is 15.2. The molecule has 0 aromatic rings. The van der Waals surface area contributed by atoms with Crippen molar-refractivity contribution in [3.05, 3.63) is 0 Å². The Bertz CT molecular complexity index is 449. The SMILES string of the molecule is CCN1CCCC(N2C(=O)C(C)(C3CC3)NC(=O)C2C)C1. The van der Waals surface area contributed by atoms with Gasteiger partial charge in [0.25, 0.3) is 0 Å². The minimum atomic E-state index is -0.669. The molecule has 2 saturated heterocycles. The standard InChI is InChI=1S/C16H27N3O2/c1-4-18-9-5-6-13(10-18)19-11(2)14(20)17-16(3,15(19)21)12-7-8-12/h11-13H,4-10H2,1-3H3,(H,17,20). The van der Waals surface area contributed by atoms with Gasteiger partial charge in [-0.05, 0) is 58.5 Å². The number of nitrogens with one attached hydrogen (secondary N) is 1. The van der Waals surface area contributed by atoms with E-state index in [-0.39, 0.29) is 23.9 Å². The van der Waals surface area contributed by atoms with Gasteiger partial charge in [-0.1, -0.05) is 6.92 Å². The van der Waals surface area contributed by atoms with Crippen LogP contribution in [0.3, 0.4) is 0 Å². The first-order valence-electron chi connectivity index (χ1n) is 8.34. The van der Waals surface area contributed by atoms with E-state index in [1.165, 1.54) is 0 Å². The molecule has 3 atom stereocenters. The molecule has 3 aliphatic rings. The molecule has 2 amide bonds. The Balaban J connectivity index is 1.84. The summed E-state index contributed by atoms with van der Waals surface area (Å²) in [5, 5.41) is 3.00. The van der Waals surface area contributed by atoms with Crippen molar-refractivity contribution in [1.82, 2.24) is 15.1 Å². The van der Waals surface area contributed by atoms with Crippen molar-refractivity contribution in [1.29, 1.82) is 0 Å². The van der Waals surface area contributed by atoms with Crippen LogP contribution in [0.5, 0.6) is 0 Å². The Morgan fingerprint density at radius 3 is 2.62 bits per heavy atom. The van der Waals surface area contributed by atoms with Crippen LogP contribution in [-0.2, 0) is 9.59 Å². The molecule has 21 heavy (non-hydrogen) atoms. The van der Waals surface area contributed by atoms with Gasteiger partial charge in [0.2, 0.25) is 11.8 Å². The number of amides is 2. The summed E-state index contributed by atoms with van der Waals surface area (Å²) < 4.78 is 0. The molecule has 1 aliphatic carbocycles. The summed E-state index contributed by atoms with van der Waals surface area (Å²) in [5.74, 6) is 0.479. The summed E-state index contributed by atoms with van der Waals surface area (Å²) in [6.45, 7) is 8.97. The molecule has 1 saturated carbocycles. The largest absolute Gasteiger partial charge is 0.340 e. The van der Waals surface area contributed by atoms with E-state index in [2.05, 4.69) is 17.1 Å². The molecule has 0 bridgehead atoms. The van der Waals surface area contributed by atoms with Crippen molar-refractivity contribution in [3.8, 4) is 0 Å². The van der Waals surface area contributed by atoms with Crippen LogP contribution in [0.1, 0.15) is 46.5 Å². The zero-order valence-electron chi connectivity index (χ0n) is 13.4. The van der Waals surface area contributed by atoms with Crippen LogP contribution in [0.4, 0.5) is 0 Å². The summed E-state index contributed by atoms with van der Waals surface area (Å²) in [7, 11) is 0. The molecule has 3 fully saturated rings. The summed E-state index contributed by atoms with van der Waals surface area (Å²) >= 11 is 0. The van der Waals surface area contributed by atoms with Gasteiger partial charge in [0, 0.05) is 12.6 Å².